The molecule has 0 amide bonds. The standard InChI is InChI=1S/C10H10N3P/c1-12-8-5-3-4-6-9(8)13(2)10(12)14-7-11/h3-6H,1-2H3. The summed E-state index contributed by atoms with van der Waals surface area (Å²) >= 11 is 0. The number of imidazole rings is 1. The molecule has 0 fully saturated rings. The Bertz CT molecular complexity index is 541. The summed E-state index contributed by atoms with van der Waals surface area (Å²) in [6.07, 6.45) is 0. The second kappa shape index (κ2) is 3.32. The molecular weight excluding hydrogens is 193 g/mol. The lowest BCUT2D eigenvalue weighted by Gasteiger charge is -1.91. The summed E-state index contributed by atoms with van der Waals surface area (Å²) in [6, 6.07) is 8.14. The van der Waals surface area contributed by atoms with E-state index in [4.69, 9.17) is 5.26 Å². The quantitative estimate of drug-likeness (QED) is 0.605. The summed E-state index contributed by atoms with van der Waals surface area (Å²) in [5.74, 6) is 2.16. The van der Waals surface area contributed by atoms with E-state index in [9.17, 15) is 0 Å². The van der Waals surface area contributed by atoms with E-state index in [0.29, 0.717) is 8.20 Å². The van der Waals surface area contributed by atoms with Crippen molar-refractivity contribution in [3.05, 3.63) is 29.5 Å². The molecule has 0 spiro atoms. The minimum absolute atomic E-state index is 0.693. The Morgan fingerprint density at radius 1 is 1.14 bits per heavy atom. The number of fused-ring (bicyclic) bond motifs is 1. The average molecular weight is 203 g/mol. The van der Waals surface area contributed by atoms with Crippen LogP contribution in [0.1, 0.15) is 0 Å². The third-order valence-electron chi connectivity index (χ3n) is 2.35. The van der Waals surface area contributed by atoms with Gasteiger partial charge in [0.25, 0.3) is 0 Å². The first-order valence-corrected chi connectivity index (χ1v) is 5.18. The smallest absolute Gasteiger partial charge is 0.151 e. The van der Waals surface area contributed by atoms with Gasteiger partial charge in [-0.25, -0.2) is 0 Å². The first-order valence-electron chi connectivity index (χ1n) is 4.29. The Kier molecular flexibility index (Phi) is 2.15. The molecule has 1 aromatic carbocycles. The van der Waals surface area contributed by atoms with Crippen LogP contribution in [0.15, 0.2) is 24.3 Å². The summed E-state index contributed by atoms with van der Waals surface area (Å²) in [5.41, 5.74) is 2.32. The molecule has 0 radical (unpaired) electrons. The normalized spacial score (nSPS) is 10.6. The minimum atomic E-state index is 0.693. The molecule has 0 atom stereocenters. The number of hydrogen-bond donors (Lipinski definition) is 0. The highest BCUT2D eigenvalue weighted by atomic mass is 31.1. The van der Waals surface area contributed by atoms with Gasteiger partial charge in [-0.05, 0) is 12.1 Å². The Morgan fingerprint density at radius 2 is 1.64 bits per heavy atom. The highest BCUT2D eigenvalue weighted by molar-refractivity contribution is 7.35. The fourth-order valence-corrected chi connectivity index (χ4v) is 2.27. The number of aromatic nitrogens is 2. The maximum absolute atomic E-state index is 8.70. The zero-order chi connectivity index (χ0) is 10.1. The second-order valence-electron chi connectivity index (χ2n) is 3.12. The Balaban J connectivity index is 3.02. The van der Waals surface area contributed by atoms with Crippen molar-refractivity contribution in [2.24, 2.45) is 14.1 Å². The molecule has 14 heavy (non-hydrogen) atoms. The van der Waals surface area contributed by atoms with Crippen molar-refractivity contribution in [3.63, 3.8) is 0 Å². The Morgan fingerprint density at radius 3 is 2.07 bits per heavy atom. The second-order valence-corrected chi connectivity index (χ2v) is 3.94. The van der Waals surface area contributed by atoms with Gasteiger partial charge in [0.05, 0.1) is 19.2 Å². The fraction of sp³-hybridized carbons (Fsp3) is 0.200. The summed E-state index contributed by atoms with van der Waals surface area (Å²) in [4.78, 5) is 0. The Hall–Kier alpha value is -1.52. The molecule has 2 rings (SSSR count). The topological polar surface area (TPSA) is 33.6 Å². The van der Waals surface area contributed by atoms with Crippen molar-refractivity contribution in [1.82, 2.24) is 9.13 Å². The molecule has 0 aliphatic heterocycles. The monoisotopic (exact) mass is 203 g/mol. The SMILES string of the molecule is Cn1c(=PC#N)n(C)c2ccccc21. The lowest BCUT2D eigenvalue weighted by atomic mass is 10.3. The summed E-state index contributed by atoms with van der Waals surface area (Å²) < 4.78 is 4.11. The highest BCUT2D eigenvalue weighted by Gasteiger charge is 2.03. The molecule has 0 saturated heterocycles. The molecule has 0 saturated carbocycles. The van der Waals surface area contributed by atoms with Gasteiger partial charge in [0.15, 0.2) is 5.20 Å². The van der Waals surface area contributed by atoms with E-state index >= 15 is 0 Å². The summed E-state index contributed by atoms with van der Waals surface area (Å²) in [7, 11) is 4.67. The first kappa shape index (κ1) is 9.05. The van der Waals surface area contributed by atoms with E-state index in [1.165, 1.54) is 0 Å². The van der Waals surface area contributed by atoms with Gasteiger partial charge in [-0.2, -0.15) is 5.26 Å². The van der Waals surface area contributed by atoms with Crippen LogP contribution in [-0.4, -0.2) is 9.13 Å². The van der Waals surface area contributed by atoms with Crippen LogP contribution in [0, 0.1) is 16.3 Å². The van der Waals surface area contributed by atoms with Crippen LogP contribution < -0.4 is 0 Å². The van der Waals surface area contributed by atoms with Crippen molar-refractivity contribution < 1.29 is 0 Å². The molecule has 1 heterocycles. The van der Waals surface area contributed by atoms with Crippen molar-refractivity contribution in [3.8, 4) is 5.81 Å². The predicted octanol–water partition coefficient (Wildman–Crippen LogP) is 2.48. The van der Waals surface area contributed by atoms with Crippen molar-refractivity contribution in [1.29, 1.82) is 5.26 Å². The summed E-state index contributed by atoms with van der Waals surface area (Å²) in [6.45, 7) is 0. The van der Waals surface area contributed by atoms with Crippen molar-refractivity contribution in [2.45, 2.75) is 0 Å². The molecule has 0 aliphatic rings. The molecule has 0 N–H and O–H groups in total. The van der Waals surface area contributed by atoms with E-state index in [0.717, 1.165) is 16.2 Å². The van der Waals surface area contributed by atoms with Crippen LogP contribution in [-0.2, 0) is 14.1 Å². The zero-order valence-corrected chi connectivity index (χ0v) is 8.99. The van der Waals surface area contributed by atoms with Gasteiger partial charge in [-0.15, -0.1) is 0 Å². The van der Waals surface area contributed by atoms with Crippen LogP contribution >= 0.6 is 8.20 Å². The van der Waals surface area contributed by atoms with E-state index in [2.05, 4.69) is 27.1 Å². The predicted molar refractivity (Wildman–Crippen MR) is 57.7 cm³/mol. The van der Waals surface area contributed by atoms with Gasteiger partial charge >= 0.3 is 0 Å². The maximum atomic E-state index is 8.70. The number of nitriles is 1. The number of benzene rings is 1. The van der Waals surface area contributed by atoms with Gasteiger partial charge in [-0.3, -0.25) is 0 Å². The number of hydrogen-bond acceptors (Lipinski definition) is 1. The molecule has 0 unspecified atom stereocenters. The minimum Gasteiger partial charge on any atom is -0.325 e. The lowest BCUT2D eigenvalue weighted by molar-refractivity contribution is 0.832. The van der Waals surface area contributed by atoms with Crippen molar-refractivity contribution >= 4 is 19.2 Å². The van der Waals surface area contributed by atoms with E-state index in [1.54, 1.807) is 0 Å². The van der Waals surface area contributed by atoms with E-state index < -0.39 is 0 Å². The van der Waals surface area contributed by atoms with Crippen LogP contribution in [0.25, 0.3) is 11.0 Å². The molecule has 70 valence electrons. The average Bonchev–Trinajstić information content (AvgIpc) is 2.45. The fourth-order valence-electron chi connectivity index (χ4n) is 1.67. The highest BCUT2D eigenvalue weighted by Crippen LogP contribution is 2.17. The summed E-state index contributed by atoms with van der Waals surface area (Å²) in [5, 5.41) is 9.71. The molecule has 2 aromatic rings. The van der Waals surface area contributed by atoms with Crippen molar-refractivity contribution in [2.75, 3.05) is 0 Å². The van der Waals surface area contributed by atoms with Gasteiger partial charge in [-0.1, -0.05) is 12.1 Å². The largest absolute Gasteiger partial charge is 0.325 e. The van der Waals surface area contributed by atoms with Crippen LogP contribution in [0.2, 0.25) is 0 Å². The number of nitrogens with zero attached hydrogens (tertiary/aromatic N) is 3. The molecule has 1 aromatic heterocycles. The van der Waals surface area contributed by atoms with Gasteiger partial charge in [0.2, 0.25) is 0 Å². The maximum Gasteiger partial charge on any atom is 0.151 e. The number of rotatable bonds is 0. The van der Waals surface area contributed by atoms with Gasteiger partial charge < -0.3 is 9.13 Å². The third kappa shape index (κ3) is 1.16. The number of para-hydroxylation sites is 2. The molecule has 3 nitrogen and oxygen atoms in total. The number of aryl methyl sites for hydroxylation is 2. The third-order valence-corrected chi connectivity index (χ3v) is 3.25. The molecule has 0 aliphatic carbocycles. The zero-order valence-electron chi connectivity index (χ0n) is 8.10. The molecule has 4 heteroatoms. The van der Waals surface area contributed by atoms with Crippen LogP contribution in [0.5, 0.6) is 0 Å². The van der Waals surface area contributed by atoms with Gasteiger partial charge in [0.1, 0.15) is 5.81 Å². The molecule has 0 bridgehead atoms. The van der Waals surface area contributed by atoms with Gasteiger partial charge in [0, 0.05) is 14.1 Å². The first-order chi connectivity index (χ1) is 6.75. The van der Waals surface area contributed by atoms with E-state index in [-0.39, 0.29) is 0 Å². The van der Waals surface area contributed by atoms with Crippen LogP contribution in [0.3, 0.4) is 0 Å². The lowest BCUT2D eigenvalue weighted by Crippen LogP contribution is -1.90. The van der Waals surface area contributed by atoms with E-state index in [1.807, 2.05) is 26.2 Å². The van der Waals surface area contributed by atoms with Crippen LogP contribution in [0.4, 0.5) is 0 Å². The molecular formula is C10H10N3P. The Labute approximate surface area is 83.6 Å².